The normalized spacial score (nSPS) is 17.3. The standard InChI is InChI=1S/C20H24N2O2/c1-3-16(18-5-2-6-20-19(18)7-8-21-20)15-17(4-1)24-14-11-22-9-12-23-13-10-22/h1-6,15,21H,7-14H2. The molecule has 1 fully saturated rings. The first-order chi connectivity index (χ1) is 11.9. The Morgan fingerprint density at radius 3 is 2.88 bits per heavy atom. The molecule has 0 spiro atoms. The molecule has 2 aliphatic rings. The number of nitrogens with zero attached hydrogens (tertiary/aromatic N) is 1. The quantitative estimate of drug-likeness (QED) is 0.917. The minimum atomic E-state index is 0.720. The van der Waals surface area contributed by atoms with E-state index in [1.165, 1.54) is 22.4 Å². The van der Waals surface area contributed by atoms with Crippen molar-refractivity contribution in [3.8, 4) is 16.9 Å². The summed E-state index contributed by atoms with van der Waals surface area (Å²) in [5.41, 5.74) is 5.24. The predicted molar refractivity (Wildman–Crippen MR) is 96.8 cm³/mol. The Balaban J connectivity index is 1.43. The summed E-state index contributed by atoms with van der Waals surface area (Å²) in [5.74, 6) is 0.948. The Kier molecular flexibility index (Phi) is 4.67. The van der Waals surface area contributed by atoms with Crippen molar-refractivity contribution in [3.05, 3.63) is 48.0 Å². The van der Waals surface area contributed by atoms with E-state index in [-0.39, 0.29) is 0 Å². The zero-order valence-electron chi connectivity index (χ0n) is 14.0. The molecule has 4 nitrogen and oxygen atoms in total. The van der Waals surface area contributed by atoms with Crippen LogP contribution in [0, 0.1) is 0 Å². The van der Waals surface area contributed by atoms with Gasteiger partial charge in [0.25, 0.3) is 0 Å². The minimum absolute atomic E-state index is 0.720. The second-order valence-corrected chi connectivity index (χ2v) is 6.34. The molecule has 2 aromatic carbocycles. The first-order valence-corrected chi connectivity index (χ1v) is 8.79. The molecular weight excluding hydrogens is 300 g/mol. The van der Waals surface area contributed by atoms with Gasteiger partial charge in [-0.2, -0.15) is 0 Å². The van der Waals surface area contributed by atoms with E-state index in [0.717, 1.165) is 58.2 Å². The highest BCUT2D eigenvalue weighted by Crippen LogP contribution is 2.34. The molecule has 0 amide bonds. The lowest BCUT2D eigenvalue weighted by atomic mass is 9.98. The molecule has 4 rings (SSSR count). The number of benzene rings is 2. The van der Waals surface area contributed by atoms with Crippen molar-refractivity contribution < 1.29 is 9.47 Å². The maximum atomic E-state index is 5.99. The molecule has 0 unspecified atom stereocenters. The van der Waals surface area contributed by atoms with E-state index in [1.54, 1.807) is 0 Å². The molecule has 0 radical (unpaired) electrons. The maximum Gasteiger partial charge on any atom is 0.119 e. The molecule has 4 heteroatoms. The third kappa shape index (κ3) is 3.40. The zero-order chi connectivity index (χ0) is 16.2. The Morgan fingerprint density at radius 1 is 1.08 bits per heavy atom. The molecule has 2 heterocycles. The number of fused-ring (bicyclic) bond motifs is 1. The molecule has 0 bridgehead atoms. The van der Waals surface area contributed by atoms with Crippen LogP contribution in [-0.4, -0.2) is 50.9 Å². The molecule has 0 aliphatic carbocycles. The third-order valence-electron chi connectivity index (χ3n) is 4.79. The number of ether oxygens (including phenoxy) is 2. The molecule has 0 atom stereocenters. The number of morpholine rings is 1. The molecule has 2 aliphatic heterocycles. The summed E-state index contributed by atoms with van der Waals surface area (Å²) in [5, 5.41) is 3.45. The number of nitrogens with one attached hydrogen (secondary N) is 1. The van der Waals surface area contributed by atoms with Crippen molar-refractivity contribution in [1.82, 2.24) is 4.90 Å². The monoisotopic (exact) mass is 324 g/mol. The van der Waals surface area contributed by atoms with Crippen molar-refractivity contribution in [1.29, 1.82) is 0 Å². The second kappa shape index (κ2) is 7.24. The minimum Gasteiger partial charge on any atom is -0.492 e. The Bertz CT molecular complexity index is 696. The lowest BCUT2D eigenvalue weighted by Gasteiger charge is -2.26. The van der Waals surface area contributed by atoms with Crippen molar-refractivity contribution in [2.75, 3.05) is 51.3 Å². The molecular formula is C20H24N2O2. The van der Waals surface area contributed by atoms with Crippen LogP contribution in [0.5, 0.6) is 5.75 Å². The van der Waals surface area contributed by atoms with Crippen LogP contribution in [0.25, 0.3) is 11.1 Å². The van der Waals surface area contributed by atoms with Gasteiger partial charge in [0.2, 0.25) is 0 Å². The van der Waals surface area contributed by atoms with Crippen LogP contribution in [0.2, 0.25) is 0 Å². The van der Waals surface area contributed by atoms with Crippen molar-refractivity contribution in [2.45, 2.75) is 6.42 Å². The van der Waals surface area contributed by atoms with E-state index in [4.69, 9.17) is 9.47 Å². The zero-order valence-corrected chi connectivity index (χ0v) is 14.0. The number of anilines is 1. The maximum absolute atomic E-state index is 5.99. The Morgan fingerprint density at radius 2 is 1.96 bits per heavy atom. The molecule has 1 saturated heterocycles. The summed E-state index contributed by atoms with van der Waals surface area (Å²) in [6, 6.07) is 15.0. The average molecular weight is 324 g/mol. The van der Waals surface area contributed by atoms with Gasteiger partial charge in [-0.25, -0.2) is 0 Å². The number of hydrogen-bond acceptors (Lipinski definition) is 4. The Labute approximate surface area is 143 Å². The average Bonchev–Trinajstić information content (AvgIpc) is 3.12. The highest BCUT2D eigenvalue weighted by Gasteiger charge is 2.15. The fourth-order valence-corrected chi connectivity index (χ4v) is 3.49. The second-order valence-electron chi connectivity index (χ2n) is 6.34. The third-order valence-corrected chi connectivity index (χ3v) is 4.79. The highest BCUT2D eigenvalue weighted by atomic mass is 16.5. The summed E-state index contributed by atoms with van der Waals surface area (Å²) >= 11 is 0. The van der Waals surface area contributed by atoms with Gasteiger partial charge in [-0.15, -0.1) is 0 Å². The van der Waals surface area contributed by atoms with E-state index in [2.05, 4.69) is 46.6 Å². The van der Waals surface area contributed by atoms with E-state index >= 15 is 0 Å². The molecule has 1 N–H and O–H groups in total. The van der Waals surface area contributed by atoms with Crippen LogP contribution in [0.4, 0.5) is 5.69 Å². The number of rotatable bonds is 5. The van der Waals surface area contributed by atoms with Gasteiger partial charge in [0.1, 0.15) is 12.4 Å². The molecule has 0 saturated carbocycles. The van der Waals surface area contributed by atoms with Crippen LogP contribution in [0.1, 0.15) is 5.56 Å². The smallest absolute Gasteiger partial charge is 0.119 e. The summed E-state index contributed by atoms with van der Waals surface area (Å²) < 4.78 is 11.4. The van der Waals surface area contributed by atoms with Crippen LogP contribution in [0.15, 0.2) is 42.5 Å². The van der Waals surface area contributed by atoms with E-state index in [1.807, 2.05) is 6.07 Å². The van der Waals surface area contributed by atoms with Gasteiger partial charge >= 0.3 is 0 Å². The van der Waals surface area contributed by atoms with Gasteiger partial charge in [-0.3, -0.25) is 4.90 Å². The highest BCUT2D eigenvalue weighted by molar-refractivity contribution is 5.76. The van der Waals surface area contributed by atoms with Crippen molar-refractivity contribution >= 4 is 5.69 Å². The molecule has 0 aromatic heterocycles. The van der Waals surface area contributed by atoms with Gasteiger partial charge in [0.15, 0.2) is 0 Å². The predicted octanol–water partition coefficient (Wildman–Crippen LogP) is 3.03. The van der Waals surface area contributed by atoms with E-state index in [0.29, 0.717) is 0 Å². The van der Waals surface area contributed by atoms with Crippen molar-refractivity contribution in [2.24, 2.45) is 0 Å². The first-order valence-electron chi connectivity index (χ1n) is 8.79. The van der Waals surface area contributed by atoms with Crippen LogP contribution < -0.4 is 10.1 Å². The number of hydrogen-bond donors (Lipinski definition) is 1. The van der Waals surface area contributed by atoms with Gasteiger partial charge in [0, 0.05) is 31.9 Å². The topological polar surface area (TPSA) is 33.7 Å². The molecule has 24 heavy (non-hydrogen) atoms. The lowest BCUT2D eigenvalue weighted by Crippen LogP contribution is -2.38. The SMILES string of the molecule is c1cc(OCCN2CCOCC2)cc(-c2cccc3c2CCN3)c1. The largest absolute Gasteiger partial charge is 0.492 e. The first kappa shape index (κ1) is 15.5. The lowest BCUT2D eigenvalue weighted by molar-refractivity contribution is 0.0322. The van der Waals surface area contributed by atoms with Crippen LogP contribution in [0.3, 0.4) is 0 Å². The van der Waals surface area contributed by atoms with Gasteiger partial charge in [-0.1, -0.05) is 24.3 Å². The summed E-state index contributed by atoms with van der Waals surface area (Å²) in [7, 11) is 0. The molecule has 126 valence electrons. The van der Waals surface area contributed by atoms with Crippen LogP contribution in [-0.2, 0) is 11.2 Å². The fourth-order valence-electron chi connectivity index (χ4n) is 3.49. The summed E-state index contributed by atoms with van der Waals surface area (Å²) in [6.45, 7) is 6.39. The fraction of sp³-hybridized carbons (Fsp3) is 0.400. The molecule has 2 aromatic rings. The van der Waals surface area contributed by atoms with E-state index < -0.39 is 0 Å². The van der Waals surface area contributed by atoms with Crippen LogP contribution >= 0.6 is 0 Å². The Hall–Kier alpha value is -2.04. The van der Waals surface area contributed by atoms with Gasteiger partial charge < -0.3 is 14.8 Å². The summed E-state index contributed by atoms with van der Waals surface area (Å²) in [6.07, 6.45) is 1.09. The summed E-state index contributed by atoms with van der Waals surface area (Å²) in [4.78, 5) is 2.39. The van der Waals surface area contributed by atoms with Gasteiger partial charge in [-0.05, 0) is 41.3 Å². The van der Waals surface area contributed by atoms with Gasteiger partial charge in [0.05, 0.1) is 13.2 Å². The van der Waals surface area contributed by atoms with Crippen molar-refractivity contribution in [3.63, 3.8) is 0 Å². The van der Waals surface area contributed by atoms with E-state index in [9.17, 15) is 0 Å².